The first-order valence-electron chi connectivity index (χ1n) is 14.6. The molecule has 242 valence electrons. The molecular weight excluding hydrogens is 592 g/mol. The van der Waals surface area contributed by atoms with Crippen molar-refractivity contribution in [3.63, 3.8) is 0 Å². The number of hydrogen-bond donors (Lipinski definition) is 2. The Morgan fingerprint density at radius 3 is 2.39 bits per heavy atom. The first-order chi connectivity index (χ1) is 20.6. The maximum Gasteiger partial charge on any atom is 0.389 e. The molecule has 2 saturated carbocycles. The van der Waals surface area contributed by atoms with Crippen molar-refractivity contribution >= 4 is 24.6 Å². The summed E-state index contributed by atoms with van der Waals surface area (Å²) in [5.74, 6) is -5.77. The number of halogens is 6. The molecule has 2 fully saturated rings. The van der Waals surface area contributed by atoms with Gasteiger partial charge in [-0.05, 0) is 76.0 Å². The van der Waals surface area contributed by atoms with Gasteiger partial charge in [0.2, 0.25) is 17.8 Å². The van der Waals surface area contributed by atoms with Crippen molar-refractivity contribution in [2.45, 2.75) is 102 Å². The summed E-state index contributed by atoms with van der Waals surface area (Å²) in [6.07, 6.45) is -2.90. The third kappa shape index (κ3) is 8.08. The summed E-state index contributed by atoms with van der Waals surface area (Å²) in [6, 6.07) is -0.359. The molecule has 0 bridgehead atoms. The SMILES string of the molecule is C=Nn1c(/C=C(\C)[C@H](NC(=O)CCC(F)(F)F)C2CC2)nc([C@@H](NC(=O)c2ccnn2C(C)C)C2CCC(F)(F)CC2)c1F. The third-order valence-electron chi connectivity index (χ3n) is 8.09. The predicted octanol–water partition coefficient (Wildman–Crippen LogP) is 6.20. The van der Waals surface area contributed by atoms with E-state index in [1.807, 2.05) is 13.8 Å². The van der Waals surface area contributed by atoms with E-state index in [4.69, 9.17) is 0 Å². The molecule has 15 heteroatoms. The molecule has 2 N–H and O–H groups in total. The lowest BCUT2D eigenvalue weighted by Crippen LogP contribution is -2.38. The van der Waals surface area contributed by atoms with Gasteiger partial charge in [0, 0.05) is 38.2 Å². The largest absolute Gasteiger partial charge is 0.389 e. The van der Waals surface area contributed by atoms with Crippen LogP contribution in [0.2, 0.25) is 0 Å². The highest BCUT2D eigenvalue weighted by molar-refractivity contribution is 5.92. The zero-order valence-electron chi connectivity index (χ0n) is 24.8. The van der Waals surface area contributed by atoms with E-state index >= 15 is 4.39 Å². The molecule has 2 aliphatic rings. The molecule has 2 atom stereocenters. The number of imidazole rings is 1. The lowest BCUT2D eigenvalue weighted by Gasteiger charge is -2.33. The number of aromatic nitrogens is 4. The van der Waals surface area contributed by atoms with E-state index in [1.54, 1.807) is 6.92 Å². The van der Waals surface area contributed by atoms with Crippen LogP contribution in [0.1, 0.15) is 106 Å². The van der Waals surface area contributed by atoms with Gasteiger partial charge >= 0.3 is 6.18 Å². The molecule has 4 rings (SSSR count). The van der Waals surface area contributed by atoms with Gasteiger partial charge in [-0.3, -0.25) is 14.3 Å². The van der Waals surface area contributed by atoms with E-state index in [0.717, 1.165) is 17.5 Å². The highest BCUT2D eigenvalue weighted by Gasteiger charge is 2.41. The lowest BCUT2D eigenvalue weighted by atomic mass is 9.81. The molecule has 2 amide bonds. The molecule has 0 aliphatic heterocycles. The van der Waals surface area contributed by atoms with Crippen molar-refractivity contribution in [2.75, 3.05) is 0 Å². The number of carbonyl (C=O) groups excluding carboxylic acids is 2. The summed E-state index contributed by atoms with van der Waals surface area (Å²) in [7, 11) is 0. The second-order valence-corrected chi connectivity index (χ2v) is 11.9. The second-order valence-electron chi connectivity index (χ2n) is 11.9. The highest BCUT2D eigenvalue weighted by Crippen LogP contribution is 2.42. The molecule has 2 aromatic heterocycles. The van der Waals surface area contributed by atoms with Crippen LogP contribution in [0.15, 0.2) is 22.9 Å². The van der Waals surface area contributed by atoms with E-state index in [9.17, 15) is 31.5 Å². The number of rotatable bonds is 12. The monoisotopic (exact) mass is 629 g/mol. The summed E-state index contributed by atoms with van der Waals surface area (Å²) in [5, 5.41) is 13.3. The Hall–Kier alpha value is -3.65. The van der Waals surface area contributed by atoms with E-state index in [0.29, 0.717) is 5.57 Å². The number of hydrogen-bond acceptors (Lipinski definition) is 5. The van der Waals surface area contributed by atoms with Crippen LogP contribution in [-0.4, -0.2) is 56.1 Å². The summed E-state index contributed by atoms with van der Waals surface area (Å²) < 4.78 is 84.2. The van der Waals surface area contributed by atoms with Gasteiger partial charge in [0.25, 0.3) is 5.91 Å². The van der Waals surface area contributed by atoms with Crippen molar-refractivity contribution < 1.29 is 35.9 Å². The van der Waals surface area contributed by atoms with Crippen LogP contribution in [0.4, 0.5) is 26.3 Å². The molecule has 0 aromatic carbocycles. The summed E-state index contributed by atoms with van der Waals surface area (Å²) in [4.78, 5) is 30.1. The average molecular weight is 630 g/mol. The van der Waals surface area contributed by atoms with Crippen molar-refractivity contribution in [1.29, 1.82) is 0 Å². The molecule has 0 unspecified atom stereocenters. The van der Waals surface area contributed by atoms with Crippen molar-refractivity contribution in [1.82, 2.24) is 30.1 Å². The number of amides is 2. The maximum absolute atomic E-state index is 15.9. The Kier molecular flexibility index (Phi) is 9.93. The number of alkyl halides is 5. The van der Waals surface area contributed by atoms with Gasteiger partial charge in [0.15, 0.2) is 5.82 Å². The van der Waals surface area contributed by atoms with Crippen LogP contribution in [0.25, 0.3) is 6.08 Å². The molecule has 0 radical (unpaired) electrons. The van der Waals surface area contributed by atoms with Gasteiger partial charge in [-0.1, -0.05) is 0 Å². The zero-order valence-corrected chi connectivity index (χ0v) is 24.8. The summed E-state index contributed by atoms with van der Waals surface area (Å²) in [6.45, 7) is 8.71. The Labute approximate surface area is 251 Å². The number of nitrogens with one attached hydrogen (secondary N) is 2. The van der Waals surface area contributed by atoms with Crippen molar-refractivity contribution in [3.8, 4) is 0 Å². The van der Waals surface area contributed by atoms with Gasteiger partial charge in [-0.25, -0.2) is 13.8 Å². The van der Waals surface area contributed by atoms with E-state index in [1.165, 1.54) is 23.0 Å². The first-order valence-corrected chi connectivity index (χ1v) is 14.6. The summed E-state index contributed by atoms with van der Waals surface area (Å²) in [5.41, 5.74) is 0.498. The average Bonchev–Trinajstić information content (AvgIpc) is 3.56. The Morgan fingerprint density at radius 1 is 1.16 bits per heavy atom. The van der Waals surface area contributed by atoms with Gasteiger partial charge in [-0.2, -0.15) is 32.4 Å². The van der Waals surface area contributed by atoms with Crippen LogP contribution in [0, 0.1) is 17.8 Å². The fraction of sp³-hybridized carbons (Fsp3) is 0.621. The van der Waals surface area contributed by atoms with Gasteiger partial charge < -0.3 is 10.6 Å². The normalized spacial score (nSPS) is 19.1. The van der Waals surface area contributed by atoms with Gasteiger partial charge in [0.05, 0.1) is 18.5 Å². The van der Waals surface area contributed by atoms with E-state index < -0.39 is 73.5 Å². The topological polar surface area (TPSA) is 106 Å². The molecule has 9 nitrogen and oxygen atoms in total. The minimum atomic E-state index is -4.47. The molecular formula is C29H37F6N7O2. The lowest BCUT2D eigenvalue weighted by molar-refractivity contribution is -0.144. The molecule has 2 aromatic rings. The van der Waals surface area contributed by atoms with Crippen LogP contribution in [0.3, 0.4) is 0 Å². The molecule has 2 heterocycles. The number of carbonyl (C=O) groups is 2. The second kappa shape index (κ2) is 13.1. The Balaban J connectivity index is 1.65. The van der Waals surface area contributed by atoms with Gasteiger partial charge in [-0.15, -0.1) is 0 Å². The van der Waals surface area contributed by atoms with E-state index in [2.05, 4.69) is 32.5 Å². The third-order valence-corrected chi connectivity index (χ3v) is 8.09. The predicted molar refractivity (Wildman–Crippen MR) is 150 cm³/mol. The van der Waals surface area contributed by atoms with Crippen LogP contribution < -0.4 is 10.6 Å². The van der Waals surface area contributed by atoms with E-state index in [-0.39, 0.29) is 42.0 Å². The standard InChI is InChI=1S/C29H37F6N7O2/c1-16(2)41-20(10-14-37-41)27(44)40-24(19-7-11-28(31,32)12-8-19)25-26(30)42(36-4)21(38-25)15-17(3)23(18-5-6-18)39-22(43)9-13-29(33,34)35/h10,14-16,18-19,23-24H,4-9,11-13H2,1-3H3,(H,39,43)(H,40,44)/b17-15+/t23-,24-/m0/s1. The number of nitrogens with zero attached hydrogens (tertiary/aromatic N) is 5. The fourth-order valence-electron chi connectivity index (χ4n) is 5.61. The van der Waals surface area contributed by atoms with Crippen LogP contribution in [0.5, 0.6) is 0 Å². The highest BCUT2D eigenvalue weighted by atomic mass is 19.4. The summed E-state index contributed by atoms with van der Waals surface area (Å²) >= 11 is 0. The molecule has 0 saturated heterocycles. The minimum absolute atomic E-state index is 0.00706. The Bertz CT molecular complexity index is 1380. The van der Waals surface area contributed by atoms with Crippen LogP contribution >= 0.6 is 0 Å². The maximum atomic E-state index is 15.9. The first kappa shape index (κ1) is 33.2. The fourth-order valence-corrected chi connectivity index (χ4v) is 5.61. The Morgan fingerprint density at radius 2 is 1.82 bits per heavy atom. The minimum Gasteiger partial charge on any atom is -0.349 e. The van der Waals surface area contributed by atoms with Crippen LogP contribution in [-0.2, 0) is 4.79 Å². The quantitative estimate of drug-likeness (QED) is 0.215. The molecule has 44 heavy (non-hydrogen) atoms. The smallest absolute Gasteiger partial charge is 0.349 e. The molecule has 2 aliphatic carbocycles. The zero-order chi connectivity index (χ0) is 32.4. The van der Waals surface area contributed by atoms with Crippen molar-refractivity contribution in [2.24, 2.45) is 16.9 Å². The molecule has 0 spiro atoms. The van der Waals surface area contributed by atoms with Crippen molar-refractivity contribution in [3.05, 3.63) is 41.0 Å². The van der Waals surface area contributed by atoms with Gasteiger partial charge in [0.1, 0.15) is 11.4 Å².